The predicted molar refractivity (Wildman–Crippen MR) is 96.9 cm³/mol. The zero-order valence-corrected chi connectivity index (χ0v) is 13.7. The van der Waals surface area contributed by atoms with E-state index in [0.717, 1.165) is 17.3 Å². The van der Waals surface area contributed by atoms with E-state index >= 15 is 0 Å². The third kappa shape index (κ3) is 3.01. The van der Waals surface area contributed by atoms with Crippen molar-refractivity contribution in [1.82, 2.24) is 0 Å². The number of hydrogen-bond acceptors (Lipinski definition) is 6. The van der Waals surface area contributed by atoms with Gasteiger partial charge in [0.25, 0.3) is 11.6 Å². The molecule has 0 aliphatic carbocycles. The van der Waals surface area contributed by atoms with Crippen molar-refractivity contribution in [3.05, 3.63) is 69.1 Å². The Hall–Kier alpha value is -2.71. The van der Waals surface area contributed by atoms with Crippen LogP contribution in [0.2, 0.25) is 0 Å². The molecule has 0 bridgehead atoms. The number of nitro groups is 1. The molecule has 2 aromatic rings. The van der Waals surface area contributed by atoms with Crippen molar-refractivity contribution in [3.8, 4) is 5.75 Å². The summed E-state index contributed by atoms with van der Waals surface area (Å²) in [5, 5.41) is 20.5. The van der Waals surface area contributed by atoms with Crippen LogP contribution < -0.4 is 4.90 Å². The van der Waals surface area contributed by atoms with Gasteiger partial charge in [-0.2, -0.15) is 0 Å². The molecule has 8 heteroatoms. The fraction of sp³-hybridized carbons (Fsp3) is 0. The predicted octanol–water partition coefficient (Wildman–Crippen LogP) is 3.71. The fourth-order valence-corrected chi connectivity index (χ4v) is 3.49. The maximum absolute atomic E-state index is 12.6. The molecule has 1 saturated heterocycles. The topological polar surface area (TPSA) is 83.7 Å². The number of thiocarbonyl (C=S) groups is 1. The molecule has 3 rings (SSSR count). The van der Waals surface area contributed by atoms with Gasteiger partial charge in [0.05, 0.1) is 9.83 Å². The molecule has 0 aromatic heterocycles. The van der Waals surface area contributed by atoms with Crippen molar-refractivity contribution in [3.63, 3.8) is 0 Å². The molecule has 24 heavy (non-hydrogen) atoms. The summed E-state index contributed by atoms with van der Waals surface area (Å²) in [7, 11) is 0. The van der Waals surface area contributed by atoms with E-state index in [4.69, 9.17) is 12.2 Å². The monoisotopic (exact) mass is 358 g/mol. The number of benzene rings is 2. The Balaban J connectivity index is 1.98. The highest BCUT2D eigenvalue weighted by atomic mass is 32.2. The first-order chi connectivity index (χ1) is 11.5. The van der Waals surface area contributed by atoms with E-state index in [1.54, 1.807) is 24.3 Å². The van der Waals surface area contributed by atoms with Gasteiger partial charge in [-0.3, -0.25) is 19.8 Å². The van der Waals surface area contributed by atoms with Crippen molar-refractivity contribution in [2.45, 2.75) is 0 Å². The minimum Gasteiger partial charge on any atom is -0.508 e. The summed E-state index contributed by atoms with van der Waals surface area (Å²) in [6, 6.07) is 12.3. The highest BCUT2D eigenvalue weighted by molar-refractivity contribution is 8.27. The van der Waals surface area contributed by atoms with Crippen LogP contribution in [-0.2, 0) is 4.79 Å². The summed E-state index contributed by atoms with van der Waals surface area (Å²) >= 11 is 6.30. The first-order valence-electron chi connectivity index (χ1n) is 6.78. The number of carbonyl (C=O) groups is 1. The quantitative estimate of drug-likeness (QED) is 0.390. The van der Waals surface area contributed by atoms with Crippen molar-refractivity contribution in [1.29, 1.82) is 0 Å². The number of rotatable bonds is 3. The Bertz CT molecular complexity index is 878. The normalized spacial score (nSPS) is 16.0. The molecule has 0 radical (unpaired) electrons. The maximum Gasteiger partial charge on any atom is 0.293 e. The number of amides is 1. The summed E-state index contributed by atoms with van der Waals surface area (Å²) in [5.41, 5.74) is 0.689. The third-order valence-corrected chi connectivity index (χ3v) is 4.61. The number of thioether (sulfide) groups is 1. The number of anilines is 1. The number of carbonyl (C=O) groups excluding carboxylic acids is 1. The molecule has 1 aliphatic heterocycles. The lowest BCUT2D eigenvalue weighted by Gasteiger charge is -2.14. The van der Waals surface area contributed by atoms with Crippen LogP contribution in [0.3, 0.4) is 0 Å². The molecule has 1 heterocycles. The minimum absolute atomic E-state index is 0.125. The molecule has 2 aromatic carbocycles. The molecule has 0 atom stereocenters. The van der Waals surface area contributed by atoms with Crippen LogP contribution in [0, 0.1) is 10.1 Å². The molecular formula is C16H10N2O4S2. The Morgan fingerprint density at radius 2 is 1.83 bits per heavy atom. The largest absolute Gasteiger partial charge is 0.508 e. The highest BCUT2D eigenvalue weighted by Crippen LogP contribution is 2.39. The van der Waals surface area contributed by atoms with Gasteiger partial charge >= 0.3 is 0 Å². The maximum atomic E-state index is 12.6. The van der Waals surface area contributed by atoms with Crippen molar-refractivity contribution in [2.24, 2.45) is 0 Å². The van der Waals surface area contributed by atoms with Gasteiger partial charge in [0.1, 0.15) is 11.4 Å². The standard InChI is InChI=1S/C16H10N2O4S2/c19-11-7-5-10(6-8-11)9-14-15(20)17(16(23)24-14)12-3-1-2-4-13(12)18(21)22/h1-9,19H/b14-9-. The zero-order chi connectivity index (χ0) is 17.3. The molecule has 1 N–H and O–H groups in total. The molecule has 0 saturated carbocycles. The zero-order valence-electron chi connectivity index (χ0n) is 12.1. The van der Waals surface area contributed by atoms with Gasteiger partial charge in [-0.15, -0.1) is 0 Å². The van der Waals surface area contributed by atoms with Crippen LogP contribution in [0.4, 0.5) is 11.4 Å². The molecule has 6 nitrogen and oxygen atoms in total. The van der Waals surface area contributed by atoms with Gasteiger partial charge in [0, 0.05) is 6.07 Å². The smallest absolute Gasteiger partial charge is 0.293 e. The molecule has 120 valence electrons. The summed E-state index contributed by atoms with van der Waals surface area (Å²) < 4.78 is 0.235. The first-order valence-corrected chi connectivity index (χ1v) is 8.00. The van der Waals surface area contributed by atoms with E-state index in [0.29, 0.717) is 4.91 Å². The van der Waals surface area contributed by atoms with Crippen LogP contribution in [-0.4, -0.2) is 20.3 Å². The number of para-hydroxylation sites is 2. The number of nitrogens with zero attached hydrogens (tertiary/aromatic N) is 2. The highest BCUT2D eigenvalue weighted by Gasteiger charge is 2.36. The Labute approximate surface area is 146 Å². The van der Waals surface area contributed by atoms with E-state index in [2.05, 4.69) is 0 Å². The summed E-state index contributed by atoms with van der Waals surface area (Å²) in [4.78, 5) is 24.8. The first kappa shape index (κ1) is 16.2. The molecule has 1 amide bonds. The van der Waals surface area contributed by atoms with Gasteiger partial charge in [-0.05, 0) is 29.8 Å². The Morgan fingerprint density at radius 1 is 1.17 bits per heavy atom. The number of aromatic hydroxyl groups is 1. The minimum atomic E-state index is -0.544. The van der Waals surface area contributed by atoms with Crippen molar-refractivity contribution in [2.75, 3.05) is 4.90 Å². The number of hydrogen-bond donors (Lipinski definition) is 1. The van der Waals surface area contributed by atoms with E-state index in [1.807, 2.05) is 0 Å². The lowest BCUT2D eigenvalue weighted by atomic mass is 10.2. The SMILES string of the molecule is O=C1/C(=C/c2ccc(O)cc2)SC(=S)N1c1ccccc1[N+](=O)[O-]. The van der Waals surface area contributed by atoms with Gasteiger partial charge in [0.15, 0.2) is 4.32 Å². The molecule has 1 fully saturated rings. The molecule has 0 unspecified atom stereocenters. The lowest BCUT2D eigenvalue weighted by Crippen LogP contribution is -2.28. The molecular weight excluding hydrogens is 348 g/mol. The Morgan fingerprint density at radius 3 is 2.50 bits per heavy atom. The summed E-state index contributed by atoms with van der Waals surface area (Å²) in [6.07, 6.45) is 1.63. The van der Waals surface area contributed by atoms with E-state index in [1.165, 1.54) is 35.2 Å². The lowest BCUT2D eigenvalue weighted by molar-refractivity contribution is -0.384. The average molecular weight is 358 g/mol. The summed E-state index contributed by atoms with van der Waals surface area (Å²) in [5.74, 6) is -0.285. The van der Waals surface area contributed by atoms with Crippen molar-refractivity contribution < 1.29 is 14.8 Å². The van der Waals surface area contributed by atoms with E-state index in [9.17, 15) is 20.0 Å². The number of phenols is 1. The van der Waals surface area contributed by atoms with Crippen LogP contribution in [0.15, 0.2) is 53.4 Å². The molecule has 0 spiro atoms. The Kier molecular flexibility index (Phi) is 4.32. The van der Waals surface area contributed by atoms with Crippen LogP contribution >= 0.6 is 24.0 Å². The number of phenolic OH excluding ortho intramolecular Hbond substituents is 1. The molecule has 1 aliphatic rings. The second kappa shape index (κ2) is 6.42. The number of nitro benzene ring substituents is 1. The summed E-state index contributed by atoms with van der Waals surface area (Å²) in [6.45, 7) is 0. The van der Waals surface area contributed by atoms with Crippen molar-refractivity contribution >= 4 is 51.7 Å². The van der Waals surface area contributed by atoms with E-state index in [-0.39, 0.29) is 21.4 Å². The third-order valence-electron chi connectivity index (χ3n) is 3.30. The van der Waals surface area contributed by atoms with Gasteiger partial charge in [-0.25, -0.2) is 0 Å². The van der Waals surface area contributed by atoms with Gasteiger partial charge in [-0.1, -0.05) is 48.2 Å². The van der Waals surface area contributed by atoms with E-state index < -0.39 is 10.8 Å². The average Bonchev–Trinajstić information content (AvgIpc) is 2.83. The second-order valence-corrected chi connectivity index (χ2v) is 6.53. The second-order valence-electron chi connectivity index (χ2n) is 4.85. The van der Waals surface area contributed by atoms with Crippen LogP contribution in [0.5, 0.6) is 5.75 Å². The van der Waals surface area contributed by atoms with Crippen LogP contribution in [0.25, 0.3) is 6.08 Å². The fourth-order valence-electron chi connectivity index (χ4n) is 2.20. The van der Waals surface area contributed by atoms with Gasteiger partial charge < -0.3 is 5.11 Å². The van der Waals surface area contributed by atoms with Gasteiger partial charge in [0.2, 0.25) is 0 Å². The van der Waals surface area contributed by atoms with Crippen LogP contribution in [0.1, 0.15) is 5.56 Å².